The molecule has 21 heavy (non-hydrogen) atoms. The van der Waals surface area contributed by atoms with Crippen molar-refractivity contribution in [2.24, 2.45) is 5.92 Å². The first-order valence-electron chi connectivity index (χ1n) is 8.75. The van der Waals surface area contributed by atoms with Crippen LogP contribution in [0.5, 0.6) is 0 Å². The van der Waals surface area contributed by atoms with Crippen LogP contribution in [0.15, 0.2) is 30.3 Å². The van der Waals surface area contributed by atoms with Crippen molar-refractivity contribution >= 4 is 0 Å². The second kappa shape index (κ2) is 9.22. The highest BCUT2D eigenvalue weighted by molar-refractivity contribution is 5.14. The molecule has 0 aromatic heterocycles. The van der Waals surface area contributed by atoms with Crippen LogP contribution in [0.3, 0.4) is 0 Å². The maximum atomic E-state index is 3.80. The third-order valence-corrected chi connectivity index (χ3v) is 4.76. The van der Waals surface area contributed by atoms with Crippen molar-refractivity contribution in [2.45, 2.75) is 51.5 Å². The molecule has 1 N–H and O–H groups in total. The molecule has 1 atom stereocenters. The summed E-state index contributed by atoms with van der Waals surface area (Å²) in [6, 6.07) is 11.5. The summed E-state index contributed by atoms with van der Waals surface area (Å²) in [5.41, 5.74) is 1.45. The van der Waals surface area contributed by atoms with Crippen LogP contribution in [0.4, 0.5) is 0 Å². The average molecular weight is 288 g/mol. The molecule has 1 aliphatic carbocycles. The Morgan fingerprint density at radius 3 is 2.57 bits per heavy atom. The minimum atomic E-state index is 0.688. The Morgan fingerprint density at radius 2 is 1.90 bits per heavy atom. The van der Waals surface area contributed by atoms with Crippen molar-refractivity contribution in [3.63, 3.8) is 0 Å². The fourth-order valence-corrected chi connectivity index (χ4v) is 3.46. The predicted octanol–water partition coefficient (Wildman–Crippen LogP) is 3.72. The van der Waals surface area contributed by atoms with E-state index in [2.05, 4.69) is 54.5 Å². The zero-order valence-electron chi connectivity index (χ0n) is 13.9. The van der Waals surface area contributed by atoms with Crippen LogP contribution >= 0.6 is 0 Å². The number of nitrogens with zero attached hydrogens (tertiary/aromatic N) is 1. The van der Waals surface area contributed by atoms with Crippen molar-refractivity contribution in [2.75, 3.05) is 26.7 Å². The molecule has 2 rings (SSSR count). The van der Waals surface area contributed by atoms with Gasteiger partial charge in [-0.1, -0.05) is 50.1 Å². The van der Waals surface area contributed by atoms with E-state index in [0.717, 1.165) is 25.4 Å². The highest BCUT2D eigenvalue weighted by atomic mass is 15.1. The highest BCUT2D eigenvalue weighted by Gasteiger charge is 2.25. The van der Waals surface area contributed by atoms with E-state index in [1.807, 2.05) is 0 Å². The monoisotopic (exact) mass is 288 g/mol. The van der Waals surface area contributed by atoms with Crippen LogP contribution in [0.2, 0.25) is 0 Å². The van der Waals surface area contributed by atoms with Crippen LogP contribution in [0, 0.1) is 5.92 Å². The third-order valence-electron chi connectivity index (χ3n) is 4.76. The van der Waals surface area contributed by atoms with Gasteiger partial charge in [-0.25, -0.2) is 0 Å². The van der Waals surface area contributed by atoms with E-state index in [0.29, 0.717) is 6.04 Å². The molecule has 0 heterocycles. The molecule has 118 valence electrons. The van der Waals surface area contributed by atoms with E-state index in [-0.39, 0.29) is 0 Å². The first-order valence-corrected chi connectivity index (χ1v) is 8.75. The Bertz CT molecular complexity index is 370. The standard InChI is InChI=1S/C19H32N2/c1-3-14-20-19(18-11-7-8-12-18)16-21(2)15-13-17-9-5-4-6-10-17/h4-6,9-10,18-20H,3,7-8,11-16H2,1-2H3. The summed E-state index contributed by atoms with van der Waals surface area (Å²) in [7, 11) is 2.28. The normalized spacial score (nSPS) is 17.5. The van der Waals surface area contributed by atoms with Crippen molar-refractivity contribution < 1.29 is 0 Å². The lowest BCUT2D eigenvalue weighted by Crippen LogP contribution is -2.44. The van der Waals surface area contributed by atoms with Gasteiger partial charge in [0.05, 0.1) is 0 Å². The molecule has 1 saturated carbocycles. The maximum absolute atomic E-state index is 3.80. The van der Waals surface area contributed by atoms with Crippen molar-refractivity contribution in [3.8, 4) is 0 Å². The largest absolute Gasteiger partial charge is 0.312 e. The summed E-state index contributed by atoms with van der Waals surface area (Å²) in [5.74, 6) is 0.899. The first kappa shape index (κ1) is 16.5. The first-order chi connectivity index (χ1) is 10.3. The molecule has 1 aromatic carbocycles. The second-order valence-corrected chi connectivity index (χ2v) is 6.60. The molecule has 0 aliphatic heterocycles. The SMILES string of the molecule is CCCNC(CN(C)CCc1ccccc1)C1CCCC1. The predicted molar refractivity (Wildman–Crippen MR) is 91.7 cm³/mol. The number of hydrogen-bond acceptors (Lipinski definition) is 2. The molecule has 0 saturated heterocycles. The smallest absolute Gasteiger partial charge is 0.0223 e. The lowest BCUT2D eigenvalue weighted by Gasteiger charge is -2.29. The minimum absolute atomic E-state index is 0.688. The van der Waals surface area contributed by atoms with Crippen LogP contribution in [-0.2, 0) is 6.42 Å². The molecule has 2 nitrogen and oxygen atoms in total. The van der Waals surface area contributed by atoms with Crippen LogP contribution in [-0.4, -0.2) is 37.6 Å². The summed E-state index contributed by atoms with van der Waals surface area (Å²) in [4.78, 5) is 2.51. The molecule has 0 bridgehead atoms. The van der Waals surface area contributed by atoms with Crippen LogP contribution < -0.4 is 5.32 Å². The molecule has 2 heteroatoms. The molecule has 1 aliphatic rings. The molecule has 1 unspecified atom stereocenters. The molecule has 1 aromatic rings. The van der Waals surface area contributed by atoms with E-state index in [1.165, 1.54) is 44.2 Å². The van der Waals surface area contributed by atoms with Crippen molar-refractivity contribution in [1.29, 1.82) is 0 Å². The molecule has 0 radical (unpaired) electrons. The molecule has 1 fully saturated rings. The lowest BCUT2D eigenvalue weighted by molar-refractivity contribution is 0.242. The quantitative estimate of drug-likeness (QED) is 0.745. The minimum Gasteiger partial charge on any atom is -0.312 e. The van der Waals surface area contributed by atoms with E-state index >= 15 is 0 Å². The number of rotatable bonds is 9. The van der Waals surface area contributed by atoms with Gasteiger partial charge in [0.2, 0.25) is 0 Å². The van der Waals surface area contributed by atoms with Gasteiger partial charge in [-0.2, -0.15) is 0 Å². The lowest BCUT2D eigenvalue weighted by atomic mass is 9.97. The summed E-state index contributed by atoms with van der Waals surface area (Å²) >= 11 is 0. The van der Waals surface area contributed by atoms with Gasteiger partial charge in [0.15, 0.2) is 0 Å². The van der Waals surface area contributed by atoms with Crippen molar-refractivity contribution in [3.05, 3.63) is 35.9 Å². The number of benzene rings is 1. The highest BCUT2D eigenvalue weighted by Crippen LogP contribution is 2.28. The van der Waals surface area contributed by atoms with E-state index in [4.69, 9.17) is 0 Å². The molecule has 0 spiro atoms. The zero-order chi connectivity index (χ0) is 14.9. The zero-order valence-corrected chi connectivity index (χ0v) is 13.9. The Kier molecular flexibility index (Phi) is 7.25. The molecular formula is C19H32N2. The van der Waals surface area contributed by atoms with E-state index in [1.54, 1.807) is 0 Å². The number of likely N-dealkylation sites (N-methyl/N-ethyl adjacent to an activating group) is 1. The average Bonchev–Trinajstić information content (AvgIpc) is 3.04. The van der Waals surface area contributed by atoms with Gasteiger partial charge >= 0.3 is 0 Å². The van der Waals surface area contributed by atoms with Gasteiger partial charge in [-0.05, 0) is 50.8 Å². The topological polar surface area (TPSA) is 15.3 Å². The van der Waals surface area contributed by atoms with Crippen LogP contribution in [0.1, 0.15) is 44.6 Å². The van der Waals surface area contributed by atoms with Gasteiger partial charge in [-0.3, -0.25) is 0 Å². The van der Waals surface area contributed by atoms with E-state index in [9.17, 15) is 0 Å². The summed E-state index contributed by atoms with van der Waals surface area (Å²) in [6.07, 6.45) is 8.10. The Labute approximate surface area is 130 Å². The second-order valence-electron chi connectivity index (χ2n) is 6.60. The maximum Gasteiger partial charge on any atom is 0.0223 e. The van der Waals surface area contributed by atoms with Crippen molar-refractivity contribution in [1.82, 2.24) is 10.2 Å². The summed E-state index contributed by atoms with van der Waals surface area (Å²) in [6.45, 7) is 5.77. The Morgan fingerprint density at radius 1 is 1.19 bits per heavy atom. The van der Waals surface area contributed by atoms with Gasteiger partial charge in [0, 0.05) is 19.1 Å². The number of hydrogen-bond donors (Lipinski definition) is 1. The Balaban J connectivity index is 1.78. The van der Waals surface area contributed by atoms with Gasteiger partial charge < -0.3 is 10.2 Å². The van der Waals surface area contributed by atoms with Crippen LogP contribution in [0.25, 0.3) is 0 Å². The van der Waals surface area contributed by atoms with Gasteiger partial charge in [0.25, 0.3) is 0 Å². The fraction of sp³-hybridized carbons (Fsp3) is 0.684. The van der Waals surface area contributed by atoms with Gasteiger partial charge in [0.1, 0.15) is 0 Å². The number of nitrogens with one attached hydrogen (secondary N) is 1. The summed E-state index contributed by atoms with van der Waals surface area (Å²) in [5, 5.41) is 3.80. The molecule has 0 amide bonds. The Hall–Kier alpha value is -0.860. The van der Waals surface area contributed by atoms with Gasteiger partial charge in [-0.15, -0.1) is 0 Å². The van der Waals surface area contributed by atoms with E-state index < -0.39 is 0 Å². The third kappa shape index (κ3) is 5.80. The fourth-order valence-electron chi connectivity index (χ4n) is 3.46. The molecular weight excluding hydrogens is 256 g/mol. The summed E-state index contributed by atoms with van der Waals surface area (Å²) < 4.78 is 0.